The summed E-state index contributed by atoms with van der Waals surface area (Å²) in [5, 5.41) is 21.4. The normalized spacial score (nSPS) is 46.9. The van der Waals surface area contributed by atoms with Gasteiger partial charge in [-0.05, 0) is 91.8 Å². The second-order valence-electron chi connectivity index (χ2n) is 13.2. The molecular formula is C30H40O5. The fourth-order valence-corrected chi connectivity index (χ4v) is 8.97. The highest BCUT2D eigenvalue weighted by Crippen LogP contribution is 2.75. The van der Waals surface area contributed by atoms with Gasteiger partial charge in [0, 0.05) is 11.0 Å². The number of hydrogen-bond donors (Lipinski definition) is 2. The van der Waals surface area contributed by atoms with Gasteiger partial charge in [-0.15, -0.1) is 0 Å². The van der Waals surface area contributed by atoms with E-state index in [0.29, 0.717) is 18.4 Å². The van der Waals surface area contributed by atoms with Crippen LogP contribution in [0.15, 0.2) is 46.3 Å². The van der Waals surface area contributed by atoms with Crippen molar-refractivity contribution in [3.8, 4) is 0 Å². The van der Waals surface area contributed by atoms with Gasteiger partial charge in [0.05, 0.1) is 18.6 Å². The minimum absolute atomic E-state index is 0.0453. The summed E-state index contributed by atoms with van der Waals surface area (Å²) in [6.45, 7) is 13.1. The van der Waals surface area contributed by atoms with Crippen molar-refractivity contribution >= 4 is 11.8 Å². The smallest absolute Gasteiger partial charge is 0.314 e. The van der Waals surface area contributed by atoms with Crippen LogP contribution in [0.5, 0.6) is 0 Å². The van der Waals surface area contributed by atoms with Crippen LogP contribution in [0.4, 0.5) is 0 Å². The third-order valence-corrected chi connectivity index (χ3v) is 11.6. The van der Waals surface area contributed by atoms with Gasteiger partial charge in [0.2, 0.25) is 5.78 Å². The first-order chi connectivity index (χ1) is 16.2. The van der Waals surface area contributed by atoms with E-state index in [4.69, 9.17) is 4.74 Å². The van der Waals surface area contributed by atoms with Crippen molar-refractivity contribution in [1.82, 2.24) is 0 Å². The first-order valence-electron chi connectivity index (χ1n) is 13.0. The minimum atomic E-state index is -0.910. The summed E-state index contributed by atoms with van der Waals surface area (Å²) in [6, 6.07) is 0. The minimum Gasteiger partial charge on any atom is -0.504 e. The van der Waals surface area contributed by atoms with E-state index in [1.54, 1.807) is 6.08 Å². The molecule has 2 N–H and O–H groups in total. The third kappa shape index (κ3) is 2.85. The zero-order valence-electron chi connectivity index (χ0n) is 22.2. The van der Waals surface area contributed by atoms with Crippen LogP contribution in [-0.2, 0) is 14.3 Å². The van der Waals surface area contributed by atoms with Crippen LogP contribution in [0, 0.1) is 33.0 Å². The van der Waals surface area contributed by atoms with Crippen LogP contribution in [0.3, 0.4) is 0 Å². The van der Waals surface area contributed by atoms with Gasteiger partial charge in [-0.2, -0.15) is 0 Å². The maximum Gasteiger partial charge on any atom is 0.314 e. The quantitative estimate of drug-likeness (QED) is 0.467. The predicted octanol–water partition coefficient (Wildman–Crippen LogP) is 5.76. The average molecular weight is 481 g/mol. The Hall–Kier alpha value is -2.14. The van der Waals surface area contributed by atoms with E-state index in [9.17, 15) is 19.8 Å². The van der Waals surface area contributed by atoms with E-state index in [-0.39, 0.29) is 45.1 Å². The molecule has 0 aromatic heterocycles. The number of esters is 1. The van der Waals surface area contributed by atoms with E-state index in [1.807, 2.05) is 13.8 Å². The van der Waals surface area contributed by atoms with Crippen LogP contribution in [0.2, 0.25) is 0 Å². The fraction of sp³-hybridized carbons (Fsp3) is 0.667. The molecule has 0 heterocycles. The first-order valence-corrected chi connectivity index (χ1v) is 13.0. The molecule has 0 spiro atoms. The highest BCUT2D eigenvalue weighted by atomic mass is 16.5. The first kappa shape index (κ1) is 24.5. The van der Waals surface area contributed by atoms with Gasteiger partial charge in [-0.25, -0.2) is 0 Å². The number of aliphatic hydroxyl groups excluding tert-OH is 2. The topological polar surface area (TPSA) is 83.8 Å². The summed E-state index contributed by atoms with van der Waals surface area (Å²) in [4.78, 5) is 25.5. The van der Waals surface area contributed by atoms with Gasteiger partial charge in [0.25, 0.3) is 0 Å². The molecule has 0 unspecified atom stereocenters. The van der Waals surface area contributed by atoms with Crippen molar-refractivity contribution in [1.29, 1.82) is 0 Å². The molecule has 0 radical (unpaired) electrons. The van der Waals surface area contributed by atoms with Crippen LogP contribution in [-0.4, -0.2) is 35.2 Å². The number of carbonyl (C=O) groups excluding carboxylic acids is 2. The number of ketones is 1. The number of hydrogen-bond acceptors (Lipinski definition) is 5. The lowest BCUT2D eigenvalue weighted by Gasteiger charge is -2.70. The van der Waals surface area contributed by atoms with Gasteiger partial charge < -0.3 is 14.9 Å². The highest BCUT2D eigenvalue weighted by molar-refractivity contribution is 6.06. The second kappa shape index (κ2) is 7.21. The highest BCUT2D eigenvalue weighted by Gasteiger charge is 2.68. The molecule has 3 fully saturated rings. The van der Waals surface area contributed by atoms with Crippen molar-refractivity contribution in [2.45, 2.75) is 86.2 Å². The zero-order valence-corrected chi connectivity index (χ0v) is 22.2. The summed E-state index contributed by atoms with van der Waals surface area (Å²) >= 11 is 0. The summed E-state index contributed by atoms with van der Waals surface area (Å²) in [5.41, 5.74) is 2.61. The zero-order chi connectivity index (χ0) is 25.8. The molecule has 190 valence electrons. The molecule has 0 aromatic rings. The maximum atomic E-state index is 12.9. The Kier molecular flexibility index (Phi) is 5.06. The van der Waals surface area contributed by atoms with Gasteiger partial charge in [0.15, 0.2) is 5.76 Å². The molecule has 5 nitrogen and oxygen atoms in total. The van der Waals surface area contributed by atoms with Crippen molar-refractivity contribution < 1.29 is 24.5 Å². The maximum absolute atomic E-state index is 12.9. The van der Waals surface area contributed by atoms with E-state index < -0.39 is 11.5 Å². The van der Waals surface area contributed by atoms with E-state index in [2.05, 4.69) is 39.8 Å². The molecule has 0 bridgehead atoms. The standard InChI is InChI=1S/C30H40O5/c1-17-18-8-9-21-27(3,19(18)14-20(31)24(17)33)11-13-30(6)22-15-28(4,25(34)35-7)23(32)16-26(22,2)10-12-29(21,30)5/h8-9,14,22-23,32-33H,10-13,15-16H2,1-7H3/t22-,23+,26+,27+,28+,29-,30+/m1/s1. The van der Waals surface area contributed by atoms with E-state index >= 15 is 0 Å². The van der Waals surface area contributed by atoms with Crippen LogP contribution in [0.25, 0.3) is 0 Å². The number of ether oxygens (including phenoxy) is 1. The summed E-state index contributed by atoms with van der Waals surface area (Å²) < 4.78 is 5.18. The fourth-order valence-electron chi connectivity index (χ4n) is 8.97. The van der Waals surface area contributed by atoms with Gasteiger partial charge in [-0.1, -0.05) is 45.4 Å². The molecule has 3 saturated carbocycles. The molecule has 5 aliphatic carbocycles. The van der Waals surface area contributed by atoms with Gasteiger partial charge in [-0.3, -0.25) is 9.59 Å². The number of rotatable bonds is 1. The summed E-state index contributed by atoms with van der Waals surface area (Å²) in [7, 11) is 1.41. The number of aliphatic hydroxyl groups is 2. The second-order valence-corrected chi connectivity index (χ2v) is 13.2. The number of fused-ring (bicyclic) bond motifs is 7. The Balaban J connectivity index is 1.64. The molecule has 0 aliphatic heterocycles. The summed E-state index contributed by atoms with van der Waals surface area (Å²) in [5.74, 6) is -0.517. The van der Waals surface area contributed by atoms with Crippen molar-refractivity contribution in [3.63, 3.8) is 0 Å². The Morgan fingerprint density at radius 1 is 1.03 bits per heavy atom. The Labute approximate surface area is 209 Å². The monoisotopic (exact) mass is 480 g/mol. The van der Waals surface area contributed by atoms with E-state index in [0.717, 1.165) is 36.8 Å². The molecule has 0 aromatic carbocycles. The lowest BCUT2D eigenvalue weighted by Crippen LogP contribution is -2.64. The van der Waals surface area contributed by atoms with Gasteiger partial charge in [0.1, 0.15) is 0 Å². The molecule has 5 heteroatoms. The Morgan fingerprint density at radius 3 is 2.37 bits per heavy atom. The number of carbonyl (C=O) groups is 2. The number of allylic oxidation sites excluding steroid dienone is 7. The molecular weight excluding hydrogens is 440 g/mol. The molecule has 0 saturated heterocycles. The lowest BCUT2D eigenvalue weighted by molar-refractivity contribution is -0.203. The molecule has 7 atom stereocenters. The molecule has 0 amide bonds. The third-order valence-electron chi connectivity index (χ3n) is 11.6. The molecule has 5 aliphatic rings. The van der Waals surface area contributed by atoms with Crippen molar-refractivity contribution in [3.05, 3.63) is 46.3 Å². The van der Waals surface area contributed by atoms with Crippen LogP contribution < -0.4 is 0 Å². The Morgan fingerprint density at radius 2 is 1.71 bits per heavy atom. The van der Waals surface area contributed by atoms with Crippen molar-refractivity contribution in [2.24, 2.45) is 33.0 Å². The van der Waals surface area contributed by atoms with E-state index in [1.165, 1.54) is 12.7 Å². The predicted molar refractivity (Wildman–Crippen MR) is 134 cm³/mol. The number of methoxy groups -OCH3 is 1. The summed E-state index contributed by atoms with van der Waals surface area (Å²) in [6.07, 6.45) is 10.4. The average Bonchev–Trinajstić information content (AvgIpc) is 2.81. The SMILES string of the molecule is COC(=O)[C@@]1(C)C[C@@H]2[C@@](C)(CC[C@]3(C)C4=CC=C5C(=CC(=O)C(O)=C5C)[C@]4(C)CC[C@@]23C)C[C@@H]1O. The largest absolute Gasteiger partial charge is 0.504 e. The Bertz CT molecular complexity index is 1160. The van der Waals surface area contributed by atoms with Crippen molar-refractivity contribution in [2.75, 3.05) is 7.11 Å². The van der Waals surface area contributed by atoms with Crippen LogP contribution in [0.1, 0.15) is 80.1 Å². The van der Waals surface area contributed by atoms with Crippen LogP contribution >= 0.6 is 0 Å². The lowest BCUT2D eigenvalue weighted by atomic mass is 9.34. The molecule has 5 rings (SSSR count). The molecule has 35 heavy (non-hydrogen) atoms. The van der Waals surface area contributed by atoms with Gasteiger partial charge >= 0.3 is 5.97 Å².